The summed E-state index contributed by atoms with van der Waals surface area (Å²) in [5.74, 6) is 0.819. The Morgan fingerprint density at radius 2 is 1.90 bits per heavy atom. The van der Waals surface area contributed by atoms with Crippen molar-refractivity contribution in [2.75, 3.05) is 10.9 Å². The van der Waals surface area contributed by atoms with Gasteiger partial charge in [0.1, 0.15) is 5.69 Å². The first-order valence-corrected chi connectivity index (χ1v) is 6.41. The predicted molar refractivity (Wildman–Crippen MR) is 77.7 cm³/mol. The molecule has 0 bridgehead atoms. The summed E-state index contributed by atoms with van der Waals surface area (Å²) in [7, 11) is 0. The second kappa shape index (κ2) is 4.41. The van der Waals surface area contributed by atoms with E-state index in [0.717, 1.165) is 22.6 Å². The van der Waals surface area contributed by atoms with Gasteiger partial charge in [0.05, 0.1) is 18.1 Å². The maximum Gasteiger partial charge on any atom is 0.194 e. The Labute approximate surface area is 119 Å². The maximum atomic E-state index is 7.86. The first-order valence-electron chi connectivity index (χ1n) is 6.41. The lowest BCUT2D eigenvalue weighted by Crippen LogP contribution is -2.25. The summed E-state index contributed by atoms with van der Waals surface area (Å²) in [5.41, 5.74) is 9.48. The van der Waals surface area contributed by atoms with Crippen molar-refractivity contribution in [1.29, 1.82) is 5.41 Å². The maximum absolute atomic E-state index is 7.86. The van der Waals surface area contributed by atoms with Crippen LogP contribution in [0.3, 0.4) is 0 Å². The Hall–Kier alpha value is -3.22. The molecular formula is C14H11N7. The zero-order chi connectivity index (χ0) is 14.2. The third-order valence-corrected chi connectivity index (χ3v) is 3.34. The third-order valence-electron chi connectivity index (χ3n) is 3.34. The number of benzene rings is 1. The highest BCUT2D eigenvalue weighted by Crippen LogP contribution is 2.33. The highest BCUT2D eigenvalue weighted by molar-refractivity contribution is 5.80. The fourth-order valence-corrected chi connectivity index (χ4v) is 2.35. The van der Waals surface area contributed by atoms with Crippen LogP contribution in [0.1, 0.15) is 0 Å². The molecule has 0 saturated heterocycles. The predicted octanol–water partition coefficient (Wildman–Crippen LogP) is 1.56. The van der Waals surface area contributed by atoms with Gasteiger partial charge in [-0.25, -0.2) is 4.68 Å². The van der Waals surface area contributed by atoms with Crippen LogP contribution in [0.25, 0.3) is 16.8 Å². The number of hydrazine groups is 1. The van der Waals surface area contributed by atoms with Crippen LogP contribution in [0.5, 0.6) is 0 Å². The molecule has 1 aliphatic heterocycles. The largest absolute Gasteiger partial charge is 0.294 e. The van der Waals surface area contributed by atoms with Gasteiger partial charge >= 0.3 is 0 Å². The lowest BCUT2D eigenvalue weighted by Gasteiger charge is -2.20. The minimum absolute atomic E-state index is 0.0601. The van der Waals surface area contributed by atoms with Crippen LogP contribution >= 0.6 is 0 Å². The quantitative estimate of drug-likeness (QED) is 0.628. The Kier molecular flexibility index (Phi) is 2.43. The molecule has 1 aliphatic rings. The average molecular weight is 277 g/mol. The number of hydrogen-bond acceptors (Lipinski definition) is 6. The Morgan fingerprint density at radius 3 is 2.76 bits per heavy atom. The van der Waals surface area contributed by atoms with Crippen LogP contribution in [0.4, 0.5) is 11.5 Å². The van der Waals surface area contributed by atoms with Crippen molar-refractivity contribution in [1.82, 2.24) is 20.0 Å². The van der Waals surface area contributed by atoms with Crippen molar-refractivity contribution in [2.24, 2.45) is 0 Å². The lowest BCUT2D eigenvalue weighted by atomic mass is 10.1. The molecule has 0 atom stereocenters. The molecule has 3 heterocycles. The molecule has 0 spiro atoms. The van der Waals surface area contributed by atoms with Gasteiger partial charge in [0, 0.05) is 5.56 Å². The zero-order valence-electron chi connectivity index (χ0n) is 10.9. The van der Waals surface area contributed by atoms with Gasteiger partial charge in [-0.3, -0.25) is 16.3 Å². The molecule has 3 aromatic rings. The van der Waals surface area contributed by atoms with Gasteiger partial charge in [-0.2, -0.15) is 10.2 Å². The van der Waals surface area contributed by atoms with Gasteiger partial charge in [0.25, 0.3) is 0 Å². The molecule has 7 nitrogen and oxygen atoms in total. The minimum atomic E-state index is 0.0601. The standard InChI is InChI=1S/C14H11N7/c15-13-12-11(6-7-16-19-13)21-14(20-18-12)10(8-17-21)9-4-2-1-3-5-9/h1-8,15,18,20H. The number of anilines is 2. The first kappa shape index (κ1) is 11.6. The summed E-state index contributed by atoms with van der Waals surface area (Å²) in [5, 5.41) is 19.8. The van der Waals surface area contributed by atoms with E-state index in [0.29, 0.717) is 5.69 Å². The van der Waals surface area contributed by atoms with Crippen molar-refractivity contribution in [3.8, 4) is 16.8 Å². The van der Waals surface area contributed by atoms with Crippen LogP contribution in [0.2, 0.25) is 0 Å². The third kappa shape index (κ3) is 1.75. The number of nitrogens with zero attached hydrogens (tertiary/aromatic N) is 4. The first-order chi connectivity index (χ1) is 10.3. The van der Waals surface area contributed by atoms with Crippen LogP contribution in [0, 0.1) is 5.41 Å². The smallest absolute Gasteiger partial charge is 0.194 e. The van der Waals surface area contributed by atoms with E-state index in [4.69, 9.17) is 5.41 Å². The monoisotopic (exact) mass is 277 g/mol. The van der Waals surface area contributed by atoms with E-state index in [-0.39, 0.29) is 5.49 Å². The van der Waals surface area contributed by atoms with Gasteiger partial charge in [-0.1, -0.05) is 30.3 Å². The topological polar surface area (TPSA) is 91.5 Å². The summed E-state index contributed by atoms with van der Waals surface area (Å²) in [6.07, 6.45) is 3.35. The average Bonchev–Trinajstić information content (AvgIpc) is 2.87. The molecule has 0 radical (unpaired) electrons. The van der Waals surface area contributed by atoms with Crippen molar-refractivity contribution in [3.63, 3.8) is 0 Å². The molecule has 0 fully saturated rings. The van der Waals surface area contributed by atoms with E-state index in [1.54, 1.807) is 23.1 Å². The van der Waals surface area contributed by atoms with Crippen LogP contribution < -0.4 is 16.3 Å². The molecule has 0 saturated carbocycles. The Bertz CT molecular complexity index is 870. The van der Waals surface area contributed by atoms with Gasteiger partial charge in [-0.15, -0.1) is 5.10 Å². The lowest BCUT2D eigenvalue weighted by molar-refractivity contribution is 0.867. The number of aromatic nitrogens is 4. The van der Waals surface area contributed by atoms with Crippen LogP contribution in [-0.4, -0.2) is 20.0 Å². The molecular weight excluding hydrogens is 266 g/mol. The molecule has 1 aromatic carbocycles. The Balaban J connectivity index is 1.96. The second-order valence-corrected chi connectivity index (χ2v) is 4.57. The summed E-state index contributed by atoms with van der Waals surface area (Å²) in [4.78, 5) is 0. The van der Waals surface area contributed by atoms with Crippen molar-refractivity contribution in [3.05, 3.63) is 54.3 Å². The molecule has 7 heteroatoms. The van der Waals surface area contributed by atoms with Crippen molar-refractivity contribution in [2.45, 2.75) is 0 Å². The van der Waals surface area contributed by atoms with E-state index >= 15 is 0 Å². The molecule has 2 aromatic heterocycles. The summed E-state index contributed by atoms with van der Waals surface area (Å²) < 4.78 is 1.75. The number of rotatable bonds is 1. The number of hydrogen-bond donors (Lipinski definition) is 3. The number of nitrogens with one attached hydrogen (secondary N) is 3. The van der Waals surface area contributed by atoms with Gasteiger partial charge in [0.15, 0.2) is 11.3 Å². The van der Waals surface area contributed by atoms with Crippen LogP contribution in [0.15, 0.2) is 48.8 Å². The molecule has 0 unspecified atom stereocenters. The SMILES string of the molecule is N=c1nnccc2c1NNc1c(-c3ccccc3)cnn1-2. The molecule has 0 aliphatic carbocycles. The molecule has 0 amide bonds. The highest BCUT2D eigenvalue weighted by atomic mass is 15.5. The normalized spacial score (nSPS) is 11.8. The van der Waals surface area contributed by atoms with Gasteiger partial charge in [0.2, 0.25) is 0 Å². The summed E-state index contributed by atoms with van der Waals surface area (Å²) in [6.45, 7) is 0. The fourth-order valence-electron chi connectivity index (χ4n) is 2.35. The van der Waals surface area contributed by atoms with E-state index in [9.17, 15) is 0 Å². The Morgan fingerprint density at radius 1 is 1.05 bits per heavy atom. The van der Waals surface area contributed by atoms with E-state index in [2.05, 4.69) is 26.1 Å². The van der Waals surface area contributed by atoms with Crippen molar-refractivity contribution >= 4 is 11.5 Å². The number of fused-ring (bicyclic) bond motifs is 3. The van der Waals surface area contributed by atoms with E-state index < -0.39 is 0 Å². The van der Waals surface area contributed by atoms with E-state index in [1.807, 2.05) is 30.3 Å². The van der Waals surface area contributed by atoms with E-state index in [1.165, 1.54) is 0 Å². The second-order valence-electron chi connectivity index (χ2n) is 4.57. The van der Waals surface area contributed by atoms with Gasteiger partial charge in [-0.05, 0) is 11.6 Å². The van der Waals surface area contributed by atoms with Crippen LogP contribution in [-0.2, 0) is 0 Å². The minimum Gasteiger partial charge on any atom is -0.294 e. The molecule has 21 heavy (non-hydrogen) atoms. The van der Waals surface area contributed by atoms with Gasteiger partial charge < -0.3 is 0 Å². The molecule has 3 N–H and O–H groups in total. The fraction of sp³-hybridized carbons (Fsp3) is 0. The highest BCUT2D eigenvalue weighted by Gasteiger charge is 2.20. The summed E-state index contributed by atoms with van der Waals surface area (Å²) >= 11 is 0. The van der Waals surface area contributed by atoms with Crippen molar-refractivity contribution < 1.29 is 0 Å². The zero-order valence-corrected chi connectivity index (χ0v) is 10.9. The molecule has 102 valence electrons. The summed E-state index contributed by atoms with van der Waals surface area (Å²) in [6, 6.07) is 11.8. The molecule has 4 rings (SSSR count).